The summed E-state index contributed by atoms with van der Waals surface area (Å²) in [6, 6.07) is 9.29. The molecule has 0 spiro atoms. The summed E-state index contributed by atoms with van der Waals surface area (Å²) in [4.78, 5) is 27.9. The zero-order valence-electron chi connectivity index (χ0n) is 18.3. The Kier molecular flexibility index (Phi) is 6.31. The van der Waals surface area contributed by atoms with Crippen molar-refractivity contribution in [2.24, 2.45) is 0 Å². The van der Waals surface area contributed by atoms with Crippen LogP contribution in [0.25, 0.3) is 11.4 Å². The zero-order valence-corrected chi connectivity index (χ0v) is 18.3. The van der Waals surface area contributed by atoms with Crippen molar-refractivity contribution in [3.63, 3.8) is 0 Å². The number of benzene rings is 1. The quantitative estimate of drug-likeness (QED) is 0.602. The fourth-order valence-electron chi connectivity index (χ4n) is 4.08. The van der Waals surface area contributed by atoms with Gasteiger partial charge in [0.1, 0.15) is 5.82 Å². The van der Waals surface area contributed by atoms with E-state index in [9.17, 15) is 18.0 Å². The molecule has 6 nitrogen and oxygen atoms in total. The van der Waals surface area contributed by atoms with Gasteiger partial charge in [-0.25, -0.2) is 15.0 Å². The van der Waals surface area contributed by atoms with Gasteiger partial charge in [-0.1, -0.05) is 11.6 Å². The topological polar surface area (TPSA) is 71.0 Å². The van der Waals surface area contributed by atoms with Crippen molar-refractivity contribution in [3.8, 4) is 11.4 Å². The van der Waals surface area contributed by atoms with Crippen LogP contribution in [0.1, 0.15) is 41.3 Å². The van der Waals surface area contributed by atoms with Gasteiger partial charge in [-0.15, -0.1) is 0 Å². The van der Waals surface area contributed by atoms with E-state index >= 15 is 0 Å². The second-order valence-corrected chi connectivity index (χ2v) is 8.18. The fourth-order valence-corrected chi connectivity index (χ4v) is 4.08. The number of carbonyl (C=O) groups excluding carboxylic acids is 1. The van der Waals surface area contributed by atoms with Gasteiger partial charge in [-0.2, -0.15) is 13.2 Å². The summed E-state index contributed by atoms with van der Waals surface area (Å²) in [5, 5.41) is 3.20. The Labute approximate surface area is 189 Å². The van der Waals surface area contributed by atoms with Gasteiger partial charge in [-0.05, 0) is 57.0 Å². The fraction of sp³-hybridized carbons (Fsp3) is 0.333. The van der Waals surface area contributed by atoms with Gasteiger partial charge in [0.2, 0.25) is 0 Å². The maximum atomic E-state index is 13.6. The van der Waals surface area contributed by atoms with E-state index in [0.29, 0.717) is 29.3 Å². The summed E-state index contributed by atoms with van der Waals surface area (Å²) in [5.41, 5.74) is 1.39. The number of nitrogens with one attached hydrogen (secondary N) is 1. The lowest BCUT2D eigenvalue weighted by Gasteiger charge is -2.40. The first-order chi connectivity index (χ1) is 15.7. The summed E-state index contributed by atoms with van der Waals surface area (Å²) in [6.45, 7) is 4.47. The van der Waals surface area contributed by atoms with E-state index in [1.165, 1.54) is 6.07 Å². The molecule has 1 saturated heterocycles. The summed E-state index contributed by atoms with van der Waals surface area (Å²) < 4.78 is 38.4. The van der Waals surface area contributed by atoms with E-state index in [4.69, 9.17) is 0 Å². The predicted octanol–water partition coefficient (Wildman–Crippen LogP) is 4.97. The number of nitrogens with zero attached hydrogens (tertiary/aromatic N) is 4. The SMILES string of the molecule is Cc1ccc(C(=O)N2CCC[C@@H](Nc3ccc(C(F)(F)F)cn3)[C@@H]2C)c(-c2ncccn2)c1. The second kappa shape index (κ2) is 9.17. The molecular weight excluding hydrogens is 431 g/mol. The first kappa shape index (κ1) is 22.7. The molecule has 172 valence electrons. The molecule has 1 fully saturated rings. The minimum Gasteiger partial charge on any atom is -0.365 e. The van der Waals surface area contributed by atoms with Gasteiger partial charge in [-0.3, -0.25) is 4.79 Å². The highest BCUT2D eigenvalue weighted by Crippen LogP contribution is 2.30. The van der Waals surface area contributed by atoms with Crippen LogP contribution < -0.4 is 5.32 Å². The maximum Gasteiger partial charge on any atom is 0.417 e. The number of carbonyl (C=O) groups is 1. The molecule has 2 atom stereocenters. The average molecular weight is 455 g/mol. The zero-order chi connectivity index (χ0) is 23.6. The van der Waals surface area contributed by atoms with Crippen molar-refractivity contribution in [1.82, 2.24) is 19.9 Å². The molecule has 1 N–H and O–H groups in total. The Hall–Kier alpha value is -3.49. The number of likely N-dealkylation sites (tertiary alicyclic amines) is 1. The number of rotatable bonds is 4. The Bertz CT molecular complexity index is 1120. The summed E-state index contributed by atoms with van der Waals surface area (Å²) in [6.07, 6.45) is 1.20. The van der Waals surface area contributed by atoms with Crippen molar-refractivity contribution in [1.29, 1.82) is 0 Å². The Morgan fingerprint density at radius 2 is 1.88 bits per heavy atom. The normalized spacial score (nSPS) is 18.8. The number of aryl methyl sites for hydroxylation is 1. The van der Waals surface area contributed by atoms with Gasteiger partial charge < -0.3 is 10.2 Å². The van der Waals surface area contributed by atoms with Gasteiger partial charge in [0.15, 0.2) is 5.82 Å². The molecule has 1 amide bonds. The van der Waals surface area contributed by atoms with Crippen molar-refractivity contribution in [2.45, 2.75) is 44.9 Å². The van der Waals surface area contributed by atoms with Crippen LogP contribution in [0.4, 0.5) is 19.0 Å². The van der Waals surface area contributed by atoms with Gasteiger partial charge >= 0.3 is 6.18 Å². The summed E-state index contributed by atoms with van der Waals surface area (Å²) in [5.74, 6) is 0.706. The minimum absolute atomic E-state index is 0.128. The van der Waals surface area contributed by atoms with E-state index < -0.39 is 11.7 Å². The van der Waals surface area contributed by atoms with Gasteiger partial charge in [0, 0.05) is 42.8 Å². The molecule has 0 radical (unpaired) electrons. The molecule has 3 aromatic rings. The molecular formula is C24H24F3N5O. The first-order valence-electron chi connectivity index (χ1n) is 10.7. The minimum atomic E-state index is -4.43. The van der Waals surface area contributed by atoms with E-state index in [0.717, 1.165) is 30.7 Å². The second-order valence-electron chi connectivity index (χ2n) is 8.18. The number of pyridine rings is 1. The molecule has 9 heteroatoms. The highest BCUT2D eigenvalue weighted by molar-refractivity contribution is 6.00. The number of halogens is 3. The monoisotopic (exact) mass is 455 g/mol. The smallest absolute Gasteiger partial charge is 0.365 e. The van der Waals surface area contributed by atoms with Gasteiger partial charge in [0.05, 0.1) is 11.1 Å². The largest absolute Gasteiger partial charge is 0.417 e. The average Bonchev–Trinajstić information content (AvgIpc) is 2.80. The molecule has 3 heterocycles. The Balaban J connectivity index is 1.55. The lowest BCUT2D eigenvalue weighted by Crippen LogP contribution is -2.52. The van der Waals surface area contributed by atoms with Crippen LogP contribution in [-0.2, 0) is 6.18 Å². The third-order valence-electron chi connectivity index (χ3n) is 5.89. The van der Waals surface area contributed by atoms with Crippen molar-refractivity contribution in [3.05, 3.63) is 71.7 Å². The number of aromatic nitrogens is 3. The number of anilines is 1. The molecule has 0 saturated carbocycles. The predicted molar refractivity (Wildman–Crippen MR) is 119 cm³/mol. The Morgan fingerprint density at radius 1 is 1.12 bits per heavy atom. The molecule has 0 aliphatic carbocycles. The third-order valence-corrected chi connectivity index (χ3v) is 5.89. The van der Waals surface area contributed by atoms with Crippen LogP contribution in [0.5, 0.6) is 0 Å². The Morgan fingerprint density at radius 3 is 2.55 bits per heavy atom. The maximum absolute atomic E-state index is 13.6. The highest BCUT2D eigenvalue weighted by Gasteiger charge is 2.34. The van der Waals surface area contributed by atoms with Gasteiger partial charge in [0.25, 0.3) is 5.91 Å². The third kappa shape index (κ3) is 4.97. The van der Waals surface area contributed by atoms with Crippen molar-refractivity contribution >= 4 is 11.7 Å². The van der Waals surface area contributed by atoms with Crippen LogP contribution in [0, 0.1) is 6.92 Å². The number of amides is 1. The van der Waals surface area contributed by atoms with E-state index in [1.54, 1.807) is 29.4 Å². The molecule has 33 heavy (non-hydrogen) atoms. The summed E-state index contributed by atoms with van der Waals surface area (Å²) >= 11 is 0. The van der Waals surface area contributed by atoms with Crippen molar-refractivity contribution < 1.29 is 18.0 Å². The number of piperidine rings is 1. The number of hydrogen-bond donors (Lipinski definition) is 1. The first-order valence-corrected chi connectivity index (χ1v) is 10.7. The van der Waals surface area contributed by atoms with Crippen LogP contribution in [-0.4, -0.2) is 44.4 Å². The molecule has 4 rings (SSSR count). The molecule has 1 aromatic carbocycles. The van der Waals surface area contributed by atoms with Crippen LogP contribution in [0.3, 0.4) is 0 Å². The van der Waals surface area contributed by atoms with Crippen LogP contribution in [0.2, 0.25) is 0 Å². The molecule has 1 aliphatic rings. The molecule has 0 bridgehead atoms. The summed E-state index contributed by atoms with van der Waals surface area (Å²) in [7, 11) is 0. The number of alkyl halides is 3. The molecule has 0 unspecified atom stereocenters. The van der Waals surface area contributed by atoms with E-state index in [2.05, 4.69) is 20.3 Å². The number of hydrogen-bond acceptors (Lipinski definition) is 5. The van der Waals surface area contributed by atoms with Crippen LogP contribution in [0.15, 0.2) is 55.0 Å². The van der Waals surface area contributed by atoms with Crippen LogP contribution >= 0.6 is 0 Å². The standard InChI is InChI=1S/C24H24F3N5O/c1-15-6-8-18(19(13-15)22-28-10-4-11-29-22)23(33)32-12-3-5-20(16(32)2)31-21-9-7-17(14-30-21)24(25,26)27/h4,6-11,13-14,16,20H,3,5,12H2,1-2H3,(H,30,31)/t16-,20+/m0/s1. The van der Waals surface area contributed by atoms with E-state index in [-0.39, 0.29) is 18.0 Å². The molecule has 1 aliphatic heterocycles. The molecule has 2 aromatic heterocycles. The lowest BCUT2D eigenvalue weighted by molar-refractivity contribution is -0.137. The van der Waals surface area contributed by atoms with E-state index in [1.807, 2.05) is 26.0 Å². The highest BCUT2D eigenvalue weighted by atomic mass is 19.4. The van der Waals surface area contributed by atoms with Crippen molar-refractivity contribution in [2.75, 3.05) is 11.9 Å². The lowest BCUT2D eigenvalue weighted by atomic mass is 9.95.